The summed E-state index contributed by atoms with van der Waals surface area (Å²) in [6.45, 7) is -1.69. The minimum Gasteiger partial charge on any atom is -0.478 e. The van der Waals surface area contributed by atoms with Crippen LogP contribution in [-0.2, 0) is 16.6 Å². The summed E-state index contributed by atoms with van der Waals surface area (Å²) in [6, 6.07) is 7.19. The summed E-state index contributed by atoms with van der Waals surface area (Å²) in [5.74, 6) is -1.96. The first kappa shape index (κ1) is 24.5. The van der Waals surface area contributed by atoms with Crippen molar-refractivity contribution >= 4 is 29.2 Å². The van der Waals surface area contributed by atoms with E-state index in [0.29, 0.717) is 0 Å². The Morgan fingerprint density at radius 2 is 1.88 bits per heavy atom. The van der Waals surface area contributed by atoms with Gasteiger partial charge in [-0.15, -0.1) is 0 Å². The number of para-hydroxylation sites is 2. The molecule has 0 aliphatic carbocycles. The Labute approximate surface area is 195 Å². The van der Waals surface area contributed by atoms with Crippen molar-refractivity contribution in [1.82, 2.24) is 14.8 Å². The number of hydrogen-bond donors (Lipinski definition) is 0. The second kappa shape index (κ2) is 10.6. The summed E-state index contributed by atoms with van der Waals surface area (Å²) < 4.78 is 61.0. The normalized spacial score (nSPS) is 10.9. The Hall–Kier alpha value is -3.18. The summed E-state index contributed by atoms with van der Waals surface area (Å²) in [4.78, 5) is 15.6. The number of hydrogen-bond acceptors (Lipinski definition) is 7. The van der Waals surface area contributed by atoms with Gasteiger partial charge in [0.15, 0.2) is 23.9 Å². The summed E-state index contributed by atoms with van der Waals surface area (Å²) in [6.07, 6.45) is 0. The molecule has 0 bridgehead atoms. The Balaban J connectivity index is 1.94. The fourth-order valence-electron chi connectivity index (χ4n) is 2.63. The third-order valence-electron chi connectivity index (χ3n) is 3.97. The maximum Gasteiger partial charge on any atom is 0.388 e. The molecule has 33 heavy (non-hydrogen) atoms. The van der Waals surface area contributed by atoms with Crippen molar-refractivity contribution in [2.75, 3.05) is 13.2 Å². The summed E-state index contributed by atoms with van der Waals surface area (Å²) >= 11 is 12.1. The topological polar surface area (TPSA) is 84.7 Å². The number of esters is 1. The molecule has 1 aromatic carbocycles. The minimum atomic E-state index is -3.17. The maximum atomic E-state index is 14.6. The number of aryl methyl sites for hydroxylation is 1. The zero-order valence-electron chi connectivity index (χ0n) is 17.2. The predicted molar refractivity (Wildman–Crippen MR) is 112 cm³/mol. The average Bonchev–Trinajstić information content (AvgIpc) is 3.03. The van der Waals surface area contributed by atoms with Gasteiger partial charge in [0.2, 0.25) is 11.8 Å². The molecule has 0 aliphatic rings. The van der Waals surface area contributed by atoms with E-state index in [1.165, 1.54) is 19.2 Å². The summed E-state index contributed by atoms with van der Waals surface area (Å²) in [5, 5.41) is 3.32. The van der Waals surface area contributed by atoms with E-state index in [2.05, 4.69) is 14.8 Å². The SMILES string of the molecule is CCOC(=O)COc1ccccc1Oc1nc(-c2nn(C)c(OC(F)F)c2Cl)c(F)cc1Cl. The zero-order chi connectivity index (χ0) is 24.1. The molecule has 0 atom stereocenters. The first-order valence-corrected chi connectivity index (χ1v) is 10.1. The fraction of sp³-hybridized carbons (Fsp3) is 0.250. The number of benzene rings is 1. The van der Waals surface area contributed by atoms with Gasteiger partial charge in [-0.05, 0) is 19.1 Å². The molecule has 0 unspecified atom stereocenters. The van der Waals surface area contributed by atoms with Crippen LogP contribution in [0.15, 0.2) is 30.3 Å². The lowest BCUT2D eigenvalue weighted by atomic mass is 10.2. The van der Waals surface area contributed by atoms with Crippen molar-refractivity contribution in [3.05, 3.63) is 46.2 Å². The molecule has 8 nitrogen and oxygen atoms in total. The standard InChI is InChI=1S/C20H16Cl2F3N3O5/c1-3-30-14(29)9-31-12-6-4-5-7-13(12)32-18-10(21)8-11(23)16(26-18)17-15(22)19(28(2)27-17)33-20(24)25/h4-8,20H,3,9H2,1-2H3. The molecule has 0 spiro atoms. The van der Waals surface area contributed by atoms with Crippen molar-refractivity contribution in [1.29, 1.82) is 0 Å². The number of pyridine rings is 1. The van der Waals surface area contributed by atoms with E-state index in [1.54, 1.807) is 19.1 Å². The molecule has 0 N–H and O–H groups in total. The average molecular weight is 506 g/mol. The first-order chi connectivity index (χ1) is 15.7. The van der Waals surface area contributed by atoms with Gasteiger partial charge >= 0.3 is 12.6 Å². The van der Waals surface area contributed by atoms with E-state index < -0.39 is 30.0 Å². The quantitative estimate of drug-likeness (QED) is 0.366. The van der Waals surface area contributed by atoms with Crippen LogP contribution in [0.4, 0.5) is 13.2 Å². The molecule has 2 aromatic heterocycles. The molecule has 0 saturated heterocycles. The largest absolute Gasteiger partial charge is 0.478 e. The highest BCUT2D eigenvalue weighted by Gasteiger charge is 2.25. The van der Waals surface area contributed by atoms with Gasteiger partial charge in [0, 0.05) is 13.1 Å². The van der Waals surface area contributed by atoms with Gasteiger partial charge in [-0.1, -0.05) is 35.3 Å². The highest BCUT2D eigenvalue weighted by Crippen LogP contribution is 2.40. The molecule has 0 saturated carbocycles. The van der Waals surface area contributed by atoms with E-state index in [-0.39, 0.29) is 46.3 Å². The van der Waals surface area contributed by atoms with Gasteiger partial charge < -0.3 is 18.9 Å². The summed E-state index contributed by atoms with van der Waals surface area (Å²) in [7, 11) is 1.29. The molecule has 0 fully saturated rings. The second-order valence-corrected chi connectivity index (χ2v) is 7.00. The molecular weight excluding hydrogens is 490 g/mol. The van der Waals surface area contributed by atoms with E-state index in [4.69, 9.17) is 37.4 Å². The highest BCUT2D eigenvalue weighted by molar-refractivity contribution is 6.34. The third-order valence-corrected chi connectivity index (χ3v) is 4.58. The first-order valence-electron chi connectivity index (χ1n) is 9.30. The number of halogens is 5. The number of ether oxygens (including phenoxy) is 4. The van der Waals surface area contributed by atoms with Gasteiger partial charge in [0.1, 0.15) is 21.4 Å². The lowest BCUT2D eigenvalue weighted by Gasteiger charge is -2.13. The lowest BCUT2D eigenvalue weighted by Crippen LogP contribution is -2.14. The molecular formula is C20H16Cl2F3N3O5. The van der Waals surface area contributed by atoms with Crippen LogP contribution in [0.5, 0.6) is 23.3 Å². The zero-order valence-corrected chi connectivity index (χ0v) is 18.7. The minimum absolute atomic E-state index is 0.114. The Kier molecular flexibility index (Phi) is 7.88. The second-order valence-electron chi connectivity index (χ2n) is 6.22. The fourth-order valence-corrected chi connectivity index (χ4v) is 3.10. The van der Waals surface area contributed by atoms with Crippen molar-refractivity contribution in [2.45, 2.75) is 13.5 Å². The monoisotopic (exact) mass is 505 g/mol. The molecule has 0 radical (unpaired) electrons. The van der Waals surface area contributed by atoms with Gasteiger partial charge in [-0.3, -0.25) is 0 Å². The van der Waals surface area contributed by atoms with E-state index >= 15 is 0 Å². The molecule has 0 aliphatic heterocycles. The van der Waals surface area contributed by atoms with Crippen molar-refractivity contribution in [3.63, 3.8) is 0 Å². The Morgan fingerprint density at radius 3 is 2.55 bits per heavy atom. The summed E-state index contributed by atoms with van der Waals surface area (Å²) in [5.41, 5.74) is -0.676. The number of alkyl halides is 2. The highest BCUT2D eigenvalue weighted by atomic mass is 35.5. The van der Waals surface area contributed by atoms with Crippen LogP contribution in [-0.4, -0.2) is 40.6 Å². The predicted octanol–water partition coefficient (Wildman–Crippen LogP) is 5.26. The van der Waals surface area contributed by atoms with Crippen molar-refractivity contribution < 1.29 is 36.9 Å². The van der Waals surface area contributed by atoms with Crippen LogP contribution in [0.1, 0.15) is 6.92 Å². The lowest BCUT2D eigenvalue weighted by molar-refractivity contribution is -0.145. The van der Waals surface area contributed by atoms with Gasteiger partial charge in [0.25, 0.3) is 0 Å². The number of rotatable bonds is 9. The van der Waals surface area contributed by atoms with Crippen LogP contribution >= 0.6 is 23.2 Å². The third kappa shape index (κ3) is 5.79. The maximum absolute atomic E-state index is 14.6. The number of carbonyl (C=O) groups is 1. The van der Waals surface area contributed by atoms with Crippen LogP contribution in [0.2, 0.25) is 10.0 Å². The number of carbonyl (C=O) groups excluding carboxylic acids is 1. The Morgan fingerprint density at radius 1 is 1.18 bits per heavy atom. The van der Waals surface area contributed by atoms with E-state index in [0.717, 1.165) is 10.7 Å². The van der Waals surface area contributed by atoms with Crippen LogP contribution in [0.25, 0.3) is 11.4 Å². The number of nitrogens with zero attached hydrogens (tertiary/aromatic N) is 3. The molecule has 2 heterocycles. The van der Waals surface area contributed by atoms with Crippen LogP contribution < -0.4 is 14.2 Å². The Bertz CT molecular complexity index is 1160. The molecule has 3 aromatic rings. The van der Waals surface area contributed by atoms with Crippen molar-refractivity contribution in [3.8, 4) is 34.6 Å². The van der Waals surface area contributed by atoms with Crippen LogP contribution in [0.3, 0.4) is 0 Å². The smallest absolute Gasteiger partial charge is 0.388 e. The van der Waals surface area contributed by atoms with Gasteiger partial charge in [-0.2, -0.15) is 13.9 Å². The molecule has 0 amide bonds. The van der Waals surface area contributed by atoms with Crippen LogP contribution in [0, 0.1) is 5.82 Å². The van der Waals surface area contributed by atoms with E-state index in [1.807, 2.05) is 0 Å². The van der Waals surface area contributed by atoms with Gasteiger partial charge in [-0.25, -0.2) is 18.9 Å². The molecule has 13 heteroatoms. The molecule has 3 rings (SSSR count). The molecule has 176 valence electrons. The number of aromatic nitrogens is 3. The van der Waals surface area contributed by atoms with Gasteiger partial charge in [0.05, 0.1) is 6.61 Å². The van der Waals surface area contributed by atoms with E-state index in [9.17, 15) is 18.0 Å². The van der Waals surface area contributed by atoms with Crippen molar-refractivity contribution in [2.24, 2.45) is 7.05 Å².